The molecule has 0 amide bonds. The third kappa shape index (κ3) is 4.07. The Morgan fingerprint density at radius 2 is 1.77 bits per heavy atom. The molecule has 0 rings (SSSR count). The summed E-state index contributed by atoms with van der Waals surface area (Å²) in [6.45, 7) is 7.11. The molecule has 0 bridgehead atoms. The normalized spacial score (nSPS) is 14.5. The van der Waals surface area contributed by atoms with Gasteiger partial charge in [-0.1, -0.05) is 27.2 Å². The number of rotatable bonds is 7. The molecule has 0 spiro atoms. The van der Waals surface area contributed by atoms with Crippen molar-refractivity contribution in [3.8, 4) is 0 Å². The van der Waals surface area contributed by atoms with E-state index in [0.717, 1.165) is 19.4 Å². The van der Waals surface area contributed by atoms with Crippen LogP contribution in [0.5, 0.6) is 0 Å². The van der Waals surface area contributed by atoms with Crippen LogP contribution in [-0.2, 0) is 0 Å². The van der Waals surface area contributed by atoms with Gasteiger partial charge in [-0.3, -0.25) is 0 Å². The summed E-state index contributed by atoms with van der Waals surface area (Å²) < 4.78 is 0. The van der Waals surface area contributed by atoms with Gasteiger partial charge >= 0.3 is 0 Å². The first-order valence-corrected chi connectivity index (χ1v) is 5.10. The largest absolute Gasteiger partial charge is 0.394 e. The van der Waals surface area contributed by atoms with Gasteiger partial charge in [0.15, 0.2) is 0 Å². The van der Waals surface area contributed by atoms with Crippen molar-refractivity contribution in [2.45, 2.75) is 39.2 Å². The summed E-state index contributed by atoms with van der Waals surface area (Å²) in [4.78, 5) is 0. The molecule has 3 nitrogen and oxygen atoms in total. The molecule has 0 aromatic carbocycles. The highest BCUT2D eigenvalue weighted by Crippen LogP contribution is 2.09. The fourth-order valence-electron chi connectivity index (χ4n) is 1.05. The van der Waals surface area contributed by atoms with E-state index < -0.39 is 5.54 Å². The van der Waals surface area contributed by atoms with E-state index in [1.54, 1.807) is 0 Å². The van der Waals surface area contributed by atoms with Crippen molar-refractivity contribution in [2.24, 2.45) is 5.92 Å². The lowest BCUT2D eigenvalue weighted by atomic mass is 9.97. The van der Waals surface area contributed by atoms with Crippen LogP contribution in [0.2, 0.25) is 0 Å². The van der Waals surface area contributed by atoms with Crippen LogP contribution in [0.25, 0.3) is 0 Å². The average Bonchev–Trinajstić information content (AvgIpc) is 2.20. The number of nitrogens with one attached hydrogen (secondary N) is 1. The smallest absolute Gasteiger partial charge is 0.0645 e. The molecule has 1 atom stereocenters. The topological polar surface area (TPSA) is 52.5 Å². The van der Waals surface area contributed by atoms with E-state index in [0.29, 0.717) is 5.92 Å². The van der Waals surface area contributed by atoms with Crippen LogP contribution in [0.1, 0.15) is 33.6 Å². The quantitative estimate of drug-likeness (QED) is 0.554. The SMILES string of the molecule is CCC(C)CNC(CC)(CO)CO. The van der Waals surface area contributed by atoms with Gasteiger partial charge in [-0.25, -0.2) is 0 Å². The van der Waals surface area contributed by atoms with Gasteiger partial charge in [-0.2, -0.15) is 0 Å². The highest BCUT2D eigenvalue weighted by Gasteiger charge is 2.25. The van der Waals surface area contributed by atoms with Crippen molar-refractivity contribution in [3.63, 3.8) is 0 Å². The summed E-state index contributed by atoms with van der Waals surface area (Å²) in [5.41, 5.74) is -0.483. The maximum Gasteiger partial charge on any atom is 0.0645 e. The molecule has 0 aromatic heterocycles. The van der Waals surface area contributed by atoms with Crippen LogP contribution >= 0.6 is 0 Å². The first kappa shape index (κ1) is 12.9. The maximum atomic E-state index is 9.14. The molecule has 0 aromatic rings. The third-order valence-corrected chi connectivity index (χ3v) is 2.80. The standard InChI is InChI=1S/C10H23NO2/c1-4-9(3)6-11-10(5-2,7-12)8-13/h9,11-13H,4-8H2,1-3H3. The Balaban J connectivity index is 3.95. The lowest BCUT2D eigenvalue weighted by Crippen LogP contribution is -2.52. The average molecular weight is 189 g/mol. The molecular weight excluding hydrogens is 166 g/mol. The summed E-state index contributed by atoms with van der Waals surface area (Å²) in [7, 11) is 0. The number of hydrogen-bond donors (Lipinski definition) is 3. The Labute approximate surface area is 81.2 Å². The van der Waals surface area contributed by atoms with E-state index in [9.17, 15) is 0 Å². The second-order valence-electron chi connectivity index (χ2n) is 3.84. The zero-order valence-corrected chi connectivity index (χ0v) is 9.01. The van der Waals surface area contributed by atoms with Gasteiger partial charge in [-0.05, 0) is 18.9 Å². The van der Waals surface area contributed by atoms with Crippen LogP contribution in [0, 0.1) is 5.92 Å². The summed E-state index contributed by atoms with van der Waals surface area (Å²) in [6.07, 6.45) is 1.86. The molecule has 0 radical (unpaired) electrons. The Bertz CT molecular complexity index is 116. The molecule has 3 N–H and O–H groups in total. The zero-order chi connectivity index (χ0) is 10.3. The molecular formula is C10H23NO2. The Morgan fingerprint density at radius 3 is 2.08 bits per heavy atom. The molecule has 3 heteroatoms. The van der Waals surface area contributed by atoms with Crippen molar-refractivity contribution in [3.05, 3.63) is 0 Å². The molecule has 0 heterocycles. The number of hydrogen-bond acceptors (Lipinski definition) is 3. The highest BCUT2D eigenvalue weighted by atomic mass is 16.3. The summed E-state index contributed by atoms with van der Waals surface area (Å²) >= 11 is 0. The zero-order valence-electron chi connectivity index (χ0n) is 9.01. The molecule has 0 aliphatic carbocycles. The van der Waals surface area contributed by atoms with Crippen molar-refractivity contribution in [1.82, 2.24) is 5.32 Å². The van der Waals surface area contributed by atoms with Gasteiger partial charge in [0.2, 0.25) is 0 Å². The van der Waals surface area contributed by atoms with E-state index in [1.807, 2.05) is 6.92 Å². The molecule has 13 heavy (non-hydrogen) atoms. The summed E-state index contributed by atoms with van der Waals surface area (Å²) in [5, 5.41) is 21.5. The molecule has 0 fully saturated rings. The van der Waals surface area contributed by atoms with Crippen LogP contribution in [-0.4, -0.2) is 35.5 Å². The Kier molecular flexibility index (Phi) is 6.29. The second-order valence-corrected chi connectivity index (χ2v) is 3.84. The molecule has 0 aliphatic rings. The van der Waals surface area contributed by atoms with Crippen LogP contribution in [0.3, 0.4) is 0 Å². The van der Waals surface area contributed by atoms with E-state index in [1.165, 1.54) is 0 Å². The fourth-order valence-corrected chi connectivity index (χ4v) is 1.05. The highest BCUT2D eigenvalue weighted by molar-refractivity contribution is 4.85. The van der Waals surface area contributed by atoms with E-state index >= 15 is 0 Å². The molecule has 0 aliphatic heterocycles. The van der Waals surface area contributed by atoms with Crippen molar-refractivity contribution in [1.29, 1.82) is 0 Å². The minimum atomic E-state index is -0.483. The van der Waals surface area contributed by atoms with Gasteiger partial charge in [0.25, 0.3) is 0 Å². The predicted molar refractivity (Wildman–Crippen MR) is 54.7 cm³/mol. The first-order valence-electron chi connectivity index (χ1n) is 5.10. The van der Waals surface area contributed by atoms with Gasteiger partial charge in [-0.15, -0.1) is 0 Å². The molecule has 80 valence electrons. The fraction of sp³-hybridized carbons (Fsp3) is 1.00. The van der Waals surface area contributed by atoms with Gasteiger partial charge in [0.1, 0.15) is 0 Å². The van der Waals surface area contributed by atoms with Crippen molar-refractivity contribution >= 4 is 0 Å². The Morgan fingerprint density at radius 1 is 1.23 bits per heavy atom. The van der Waals surface area contributed by atoms with E-state index in [4.69, 9.17) is 10.2 Å². The van der Waals surface area contributed by atoms with Crippen LogP contribution in [0.4, 0.5) is 0 Å². The number of aliphatic hydroxyl groups is 2. The monoisotopic (exact) mass is 189 g/mol. The van der Waals surface area contributed by atoms with Gasteiger partial charge in [0.05, 0.1) is 18.8 Å². The van der Waals surface area contributed by atoms with Crippen molar-refractivity contribution in [2.75, 3.05) is 19.8 Å². The van der Waals surface area contributed by atoms with E-state index in [-0.39, 0.29) is 13.2 Å². The molecule has 0 saturated carbocycles. The Hall–Kier alpha value is -0.120. The van der Waals surface area contributed by atoms with E-state index in [2.05, 4.69) is 19.2 Å². The minimum absolute atomic E-state index is 0.00354. The van der Waals surface area contributed by atoms with Gasteiger partial charge < -0.3 is 15.5 Å². The van der Waals surface area contributed by atoms with Gasteiger partial charge in [0, 0.05) is 0 Å². The number of aliphatic hydroxyl groups excluding tert-OH is 2. The summed E-state index contributed by atoms with van der Waals surface area (Å²) in [5.74, 6) is 0.587. The molecule has 1 unspecified atom stereocenters. The second kappa shape index (κ2) is 6.35. The maximum absolute atomic E-state index is 9.14. The first-order chi connectivity index (χ1) is 6.14. The van der Waals surface area contributed by atoms with Crippen LogP contribution in [0.15, 0.2) is 0 Å². The summed E-state index contributed by atoms with van der Waals surface area (Å²) in [6, 6.07) is 0. The predicted octanol–water partition coefficient (Wildman–Crippen LogP) is 0.756. The van der Waals surface area contributed by atoms with Crippen LogP contribution < -0.4 is 5.32 Å². The minimum Gasteiger partial charge on any atom is -0.394 e. The lowest BCUT2D eigenvalue weighted by Gasteiger charge is -2.31. The molecule has 0 saturated heterocycles. The third-order valence-electron chi connectivity index (χ3n) is 2.80. The van der Waals surface area contributed by atoms with Crippen molar-refractivity contribution < 1.29 is 10.2 Å². The lowest BCUT2D eigenvalue weighted by molar-refractivity contribution is 0.0846.